The van der Waals surface area contributed by atoms with Crippen molar-refractivity contribution < 1.29 is 19.0 Å². The molecule has 1 saturated heterocycles. The zero-order valence-electron chi connectivity index (χ0n) is 17.0. The fraction of sp³-hybridized carbons (Fsp3) is 0.292. The summed E-state index contributed by atoms with van der Waals surface area (Å²) in [6, 6.07) is 17.7. The second-order valence-electron chi connectivity index (χ2n) is 7.39. The third-order valence-electron chi connectivity index (χ3n) is 5.18. The van der Waals surface area contributed by atoms with Crippen LogP contribution in [0.2, 0.25) is 0 Å². The molecule has 0 radical (unpaired) electrons. The fourth-order valence-electron chi connectivity index (χ4n) is 3.61. The molecule has 4 rings (SSSR count). The maximum atomic E-state index is 13.0. The molecule has 1 aliphatic rings. The fourth-order valence-corrected chi connectivity index (χ4v) is 3.61. The van der Waals surface area contributed by atoms with Gasteiger partial charge in [-0.05, 0) is 35.2 Å². The quantitative estimate of drug-likeness (QED) is 0.584. The van der Waals surface area contributed by atoms with Crippen molar-refractivity contribution in [3.63, 3.8) is 0 Å². The largest absolute Gasteiger partial charge is 0.497 e. The minimum Gasteiger partial charge on any atom is -0.497 e. The van der Waals surface area contributed by atoms with Gasteiger partial charge in [-0.1, -0.05) is 30.3 Å². The lowest BCUT2D eigenvalue weighted by molar-refractivity contribution is -0.0441. The van der Waals surface area contributed by atoms with E-state index < -0.39 is 0 Å². The molecule has 0 unspecified atom stereocenters. The van der Waals surface area contributed by atoms with Gasteiger partial charge in [0.15, 0.2) is 12.1 Å². The van der Waals surface area contributed by atoms with Gasteiger partial charge in [0.05, 0.1) is 20.3 Å². The Balaban J connectivity index is 1.59. The Morgan fingerprint density at radius 1 is 1.03 bits per heavy atom. The molecule has 0 bridgehead atoms. The van der Waals surface area contributed by atoms with Gasteiger partial charge in [0.2, 0.25) is 0 Å². The molecule has 0 atom stereocenters. The number of carbonyl (C=O) groups is 1. The Kier molecular flexibility index (Phi) is 5.51. The van der Waals surface area contributed by atoms with Gasteiger partial charge in [-0.2, -0.15) is 0 Å². The molecule has 3 aromatic carbocycles. The topological polar surface area (TPSA) is 48.0 Å². The summed E-state index contributed by atoms with van der Waals surface area (Å²) in [4.78, 5) is 15.0. The maximum absolute atomic E-state index is 13.0. The van der Waals surface area contributed by atoms with Gasteiger partial charge in [-0.15, -0.1) is 0 Å². The summed E-state index contributed by atoms with van der Waals surface area (Å²) in [5.41, 5.74) is 3.65. The van der Waals surface area contributed by atoms with Crippen LogP contribution in [-0.2, 0) is 15.9 Å². The summed E-state index contributed by atoms with van der Waals surface area (Å²) in [6.07, 6.45) is 0.0566. The Morgan fingerprint density at radius 2 is 1.76 bits per heavy atom. The van der Waals surface area contributed by atoms with Crippen molar-refractivity contribution in [1.82, 2.24) is 0 Å². The highest BCUT2D eigenvalue weighted by molar-refractivity contribution is 6.05. The van der Waals surface area contributed by atoms with Crippen molar-refractivity contribution in [2.24, 2.45) is 0 Å². The van der Waals surface area contributed by atoms with Gasteiger partial charge >= 0.3 is 0 Å². The Morgan fingerprint density at radius 3 is 2.41 bits per heavy atom. The maximum Gasteiger partial charge on any atom is 0.184 e. The number of carbonyl (C=O) groups excluding carboxylic acids is 1. The number of ketones is 1. The second kappa shape index (κ2) is 8.23. The highest BCUT2D eigenvalue weighted by Gasteiger charge is 2.18. The first kappa shape index (κ1) is 19.4. The number of rotatable bonds is 6. The predicted octanol–water partition coefficient (Wildman–Crippen LogP) is 4.39. The number of Topliss-reactive ketones (excluding diaryl/α,β-unsaturated/α-hetero) is 1. The highest BCUT2D eigenvalue weighted by atomic mass is 16.7. The molecule has 5 nitrogen and oxygen atoms in total. The Hall–Kier alpha value is -2.89. The van der Waals surface area contributed by atoms with E-state index in [1.165, 1.54) is 0 Å². The van der Waals surface area contributed by atoms with Crippen molar-refractivity contribution >= 4 is 22.2 Å². The molecule has 0 saturated carbocycles. The predicted molar refractivity (Wildman–Crippen MR) is 114 cm³/mol. The highest BCUT2D eigenvalue weighted by Crippen LogP contribution is 2.31. The lowest BCUT2D eigenvalue weighted by atomic mass is 9.97. The first-order valence-electron chi connectivity index (χ1n) is 9.69. The number of hydrogen-bond donors (Lipinski definition) is 0. The van der Waals surface area contributed by atoms with Crippen LogP contribution in [0.3, 0.4) is 0 Å². The summed E-state index contributed by atoms with van der Waals surface area (Å²) >= 11 is 0. The van der Waals surface area contributed by atoms with Crippen LogP contribution in [0.4, 0.5) is 5.69 Å². The van der Waals surface area contributed by atoms with E-state index >= 15 is 0 Å². The van der Waals surface area contributed by atoms with Crippen LogP contribution in [0.1, 0.15) is 27.8 Å². The first-order valence-corrected chi connectivity index (χ1v) is 9.69. The SMILES string of the molecule is COc1ccc2cc(C(=O)Cc3ccc(C4OCCO4)cc3)cc(N(C)C)c2c1. The van der Waals surface area contributed by atoms with Crippen molar-refractivity contribution in [1.29, 1.82) is 0 Å². The van der Waals surface area contributed by atoms with E-state index in [0.717, 1.165) is 33.3 Å². The average molecular weight is 391 g/mol. The van der Waals surface area contributed by atoms with E-state index in [2.05, 4.69) is 0 Å². The molecule has 29 heavy (non-hydrogen) atoms. The molecule has 0 aromatic heterocycles. The molecule has 3 aromatic rings. The van der Waals surface area contributed by atoms with E-state index in [1.54, 1.807) is 7.11 Å². The summed E-state index contributed by atoms with van der Waals surface area (Å²) < 4.78 is 16.4. The Bertz CT molecular complexity index is 1020. The van der Waals surface area contributed by atoms with Crippen molar-refractivity contribution in [2.75, 3.05) is 39.3 Å². The van der Waals surface area contributed by atoms with E-state index in [9.17, 15) is 4.79 Å². The van der Waals surface area contributed by atoms with Gasteiger partial charge < -0.3 is 19.1 Å². The van der Waals surface area contributed by atoms with Crippen LogP contribution in [0.25, 0.3) is 10.8 Å². The van der Waals surface area contributed by atoms with E-state index in [0.29, 0.717) is 25.2 Å². The average Bonchev–Trinajstić information content (AvgIpc) is 3.27. The lowest BCUT2D eigenvalue weighted by Gasteiger charge is -2.18. The molecule has 150 valence electrons. The normalized spacial score (nSPS) is 14.3. The number of methoxy groups -OCH3 is 1. The molecule has 5 heteroatoms. The van der Waals surface area contributed by atoms with Gasteiger partial charge in [0.1, 0.15) is 5.75 Å². The van der Waals surface area contributed by atoms with Crippen LogP contribution in [0, 0.1) is 0 Å². The third-order valence-corrected chi connectivity index (χ3v) is 5.18. The van der Waals surface area contributed by atoms with Crippen LogP contribution >= 0.6 is 0 Å². The van der Waals surface area contributed by atoms with Crippen LogP contribution in [0.15, 0.2) is 54.6 Å². The standard InChI is InChI=1S/C24H25NO4/c1-25(2)22-14-19(13-18-8-9-20(27-3)15-21(18)22)23(26)12-16-4-6-17(7-5-16)24-28-10-11-29-24/h4-9,13-15,24H,10-12H2,1-3H3. The molecule has 0 aliphatic carbocycles. The molecule has 0 spiro atoms. The summed E-state index contributed by atoms with van der Waals surface area (Å²) in [6.45, 7) is 1.24. The molecule has 1 fully saturated rings. The van der Waals surface area contributed by atoms with Gasteiger partial charge in [-0.25, -0.2) is 0 Å². The monoisotopic (exact) mass is 391 g/mol. The van der Waals surface area contributed by atoms with Gasteiger partial charge in [0, 0.05) is 42.7 Å². The molecule has 0 amide bonds. The number of fused-ring (bicyclic) bond motifs is 1. The first-order chi connectivity index (χ1) is 14.0. The minimum atomic E-state index is -0.292. The van der Waals surface area contributed by atoms with E-state index in [1.807, 2.05) is 73.6 Å². The van der Waals surface area contributed by atoms with Crippen molar-refractivity contribution in [2.45, 2.75) is 12.7 Å². The van der Waals surface area contributed by atoms with Crippen molar-refractivity contribution in [3.8, 4) is 5.75 Å². The lowest BCUT2D eigenvalue weighted by Crippen LogP contribution is -2.11. The smallest absolute Gasteiger partial charge is 0.184 e. The molecular formula is C24H25NO4. The zero-order chi connectivity index (χ0) is 20.4. The van der Waals surface area contributed by atoms with Crippen LogP contribution in [-0.4, -0.2) is 40.2 Å². The number of anilines is 1. The van der Waals surface area contributed by atoms with Gasteiger partial charge in [-0.3, -0.25) is 4.79 Å². The molecule has 1 heterocycles. The van der Waals surface area contributed by atoms with E-state index in [4.69, 9.17) is 14.2 Å². The van der Waals surface area contributed by atoms with Crippen molar-refractivity contribution in [3.05, 3.63) is 71.3 Å². The Labute approximate surface area is 170 Å². The van der Waals surface area contributed by atoms with E-state index in [-0.39, 0.29) is 12.1 Å². The minimum absolute atomic E-state index is 0.0898. The molecular weight excluding hydrogens is 366 g/mol. The number of nitrogens with zero attached hydrogens (tertiary/aromatic N) is 1. The summed E-state index contributed by atoms with van der Waals surface area (Å²) in [5.74, 6) is 0.891. The third kappa shape index (κ3) is 4.11. The number of ether oxygens (including phenoxy) is 3. The summed E-state index contributed by atoms with van der Waals surface area (Å²) in [7, 11) is 5.62. The van der Waals surface area contributed by atoms with Gasteiger partial charge in [0.25, 0.3) is 0 Å². The second-order valence-corrected chi connectivity index (χ2v) is 7.39. The number of hydrogen-bond acceptors (Lipinski definition) is 5. The molecule has 1 aliphatic heterocycles. The summed E-state index contributed by atoms with van der Waals surface area (Å²) in [5, 5.41) is 2.08. The van der Waals surface area contributed by atoms with Crippen LogP contribution in [0.5, 0.6) is 5.75 Å². The molecule has 0 N–H and O–H groups in total. The zero-order valence-corrected chi connectivity index (χ0v) is 17.0. The van der Waals surface area contributed by atoms with Crippen LogP contribution < -0.4 is 9.64 Å². The number of benzene rings is 3.